The molecular weight excluding hydrogens is 276 g/mol. The van der Waals surface area contributed by atoms with Crippen LogP contribution in [0.15, 0.2) is 30.5 Å². The molecule has 0 spiro atoms. The van der Waals surface area contributed by atoms with Gasteiger partial charge in [-0.1, -0.05) is 37.5 Å². The summed E-state index contributed by atoms with van der Waals surface area (Å²) < 4.78 is 7.15. The van der Waals surface area contributed by atoms with E-state index in [1.165, 1.54) is 50.1 Å². The van der Waals surface area contributed by atoms with Gasteiger partial charge in [-0.2, -0.15) is 0 Å². The highest BCUT2D eigenvalue weighted by Crippen LogP contribution is 2.33. The number of carbonyl (C=O) groups excluding carboxylic acids is 1. The number of hydrogen-bond acceptors (Lipinski definition) is 3. The number of esters is 1. The van der Waals surface area contributed by atoms with Crippen LogP contribution in [0.5, 0.6) is 0 Å². The summed E-state index contributed by atoms with van der Waals surface area (Å²) in [7, 11) is 1.38. The van der Waals surface area contributed by atoms with E-state index in [0.717, 1.165) is 5.56 Å². The highest BCUT2D eigenvalue weighted by atomic mass is 16.5. The maximum atomic E-state index is 11.6. The fraction of sp³-hybridized carbons (Fsp3) is 0.500. The lowest BCUT2D eigenvalue weighted by Crippen LogP contribution is -2.33. The van der Waals surface area contributed by atoms with Gasteiger partial charge in [-0.3, -0.25) is 4.79 Å². The molecule has 1 saturated carbocycles. The summed E-state index contributed by atoms with van der Waals surface area (Å²) in [6, 6.07) is 8.37. The molecule has 3 rings (SSSR count). The van der Waals surface area contributed by atoms with Crippen LogP contribution < -0.4 is 5.73 Å². The van der Waals surface area contributed by atoms with E-state index in [1.54, 1.807) is 0 Å². The minimum Gasteiger partial charge on any atom is -0.468 e. The Morgan fingerprint density at radius 2 is 2.05 bits per heavy atom. The number of methoxy groups -OCH3 is 1. The summed E-state index contributed by atoms with van der Waals surface area (Å²) in [5.74, 6) is -0.352. The van der Waals surface area contributed by atoms with Gasteiger partial charge >= 0.3 is 5.97 Å². The molecule has 1 heterocycles. The first-order chi connectivity index (χ1) is 10.7. The van der Waals surface area contributed by atoms with E-state index in [-0.39, 0.29) is 5.97 Å². The number of ether oxygens (including phenoxy) is 1. The highest BCUT2D eigenvalue weighted by Gasteiger charge is 2.21. The second-order valence-corrected chi connectivity index (χ2v) is 6.20. The number of hydrogen-bond donors (Lipinski definition) is 1. The highest BCUT2D eigenvalue weighted by molar-refractivity contribution is 5.85. The van der Waals surface area contributed by atoms with Gasteiger partial charge in [0.05, 0.1) is 7.11 Å². The van der Waals surface area contributed by atoms with Gasteiger partial charge < -0.3 is 15.0 Å². The standard InChI is InChI=1S/C18H24N2O2/c1-22-18(21)16(19)11-13-12-20(14-7-3-2-4-8-14)17-10-6-5-9-15(13)17/h5-6,9-10,12,14,16H,2-4,7-8,11,19H2,1H3. The van der Waals surface area contributed by atoms with E-state index in [4.69, 9.17) is 10.5 Å². The van der Waals surface area contributed by atoms with Crippen molar-refractivity contribution in [2.75, 3.05) is 7.11 Å². The Bertz CT molecular complexity index is 656. The number of benzene rings is 1. The molecule has 0 saturated heterocycles. The van der Waals surface area contributed by atoms with Crippen molar-refractivity contribution in [3.63, 3.8) is 0 Å². The summed E-state index contributed by atoms with van der Waals surface area (Å²) in [4.78, 5) is 11.6. The topological polar surface area (TPSA) is 57.2 Å². The Kier molecular flexibility index (Phi) is 4.48. The van der Waals surface area contributed by atoms with E-state index in [9.17, 15) is 4.79 Å². The summed E-state index contributed by atoms with van der Waals surface area (Å²) >= 11 is 0. The van der Waals surface area contributed by atoms with Crippen LogP contribution >= 0.6 is 0 Å². The molecule has 118 valence electrons. The van der Waals surface area contributed by atoms with Crippen molar-refractivity contribution in [1.82, 2.24) is 4.57 Å². The van der Waals surface area contributed by atoms with Gasteiger partial charge in [0.1, 0.15) is 6.04 Å². The number of fused-ring (bicyclic) bond motifs is 1. The maximum Gasteiger partial charge on any atom is 0.322 e. The molecule has 1 aliphatic carbocycles. The van der Waals surface area contributed by atoms with E-state index in [2.05, 4.69) is 29.0 Å². The summed E-state index contributed by atoms with van der Waals surface area (Å²) in [5.41, 5.74) is 8.34. The Morgan fingerprint density at radius 1 is 1.32 bits per heavy atom. The zero-order chi connectivity index (χ0) is 15.5. The minimum absolute atomic E-state index is 0.352. The van der Waals surface area contributed by atoms with E-state index in [1.807, 2.05) is 6.07 Å². The molecule has 2 aromatic rings. The summed E-state index contributed by atoms with van der Waals surface area (Å²) in [6.07, 6.45) is 9.14. The number of nitrogens with two attached hydrogens (primary N) is 1. The van der Waals surface area contributed by atoms with Gasteiger partial charge in [-0.05, 0) is 24.5 Å². The molecular formula is C18H24N2O2. The molecule has 4 heteroatoms. The van der Waals surface area contributed by atoms with Crippen molar-refractivity contribution < 1.29 is 9.53 Å². The molecule has 0 bridgehead atoms. The first-order valence-electron chi connectivity index (χ1n) is 8.12. The SMILES string of the molecule is COC(=O)C(N)Cc1cn(C2CCCCC2)c2ccccc12. The molecule has 1 atom stereocenters. The number of rotatable bonds is 4. The van der Waals surface area contributed by atoms with Crippen molar-refractivity contribution in [3.05, 3.63) is 36.0 Å². The average Bonchev–Trinajstić information content (AvgIpc) is 2.93. The zero-order valence-corrected chi connectivity index (χ0v) is 13.1. The second-order valence-electron chi connectivity index (χ2n) is 6.20. The van der Waals surface area contributed by atoms with Crippen LogP contribution in [0.3, 0.4) is 0 Å². The molecule has 1 unspecified atom stereocenters. The molecule has 1 fully saturated rings. The Balaban J connectivity index is 1.95. The molecule has 4 nitrogen and oxygen atoms in total. The lowest BCUT2D eigenvalue weighted by Gasteiger charge is -2.24. The fourth-order valence-electron chi connectivity index (χ4n) is 3.57. The van der Waals surface area contributed by atoms with Crippen molar-refractivity contribution in [2.24, 2.45) is 5.73 Å². The number of aromatic nitrogens is 1. The molecule has 2 N–H and O–H groups in total. The van der Waals surface area contributed by atoms with Gasteiger partial charge in [0, 0.05) is 29.6 Å². The predicted octanol–water partition coefficient (Wildman–Crippen LogP) is 3.19. The number of carbonyl (C=O) groups is 1. The zero-order valence-electron chi connectivity index (χ0n) is 13.1. The molecule has 0 radical (unpaired) electrons. The molecule has 0 aliphatic heterocycles. The normalized spacial score (nSPS) is 17.5. The summed E-state index contributed by atoms with van der Waals surface area (Å²) in [5, 5.41) is 1.20. The lowest BCUT2D eigenvalue weighted by molar-refractivity contribution is -0.142. The Morgan fingerprint density at radius 3 is 2.77 bits per heavy atom. The molecule has 0 amide bonds. The van der Waals surface area contributed by atoms with Crippen molar-refractivity contribution in [1.29, 1.82) is 0 Å². The van der Waals surface area contributed by atoms with Crippen LogP contribution in [0.4, 0.5) is 0 Å². The quantitative estimate of drug-likeness (QED) is 0.882. The fourth-order valence-corrected chi connectivity index (χ4v) is 3.57. The Hall–Kier alpha value is -1.81. The van der Waals surface area contributed by atoms with Gasteiger partial charge in [0.15, 0.2) is 0 Å². The largest absolute Gasteiger partial charge is 0.468 e. The van der Waals surface area contributed by atoms with E-state index >= 15 is 0 Å². The predicted molar refractivity (Wildman–Crippen MR) is 87.8 cm³/mol. The first-order valence-corrected chi connectivity index (χ1v) is 8.12. The lowest BCUT2D eigenvalue weighted by atomic mass is 9.95. The van der Waals surface area contributed by atoms with Crippen LogP contribution in [0.25, 0.3) is 10.9 Å². The smallest absolute Gasteiger partial charge is 0.322 e. The Labute approximate surface area is 131 Å². The maximum absolute atomic E-state index is 11.6. The van der Waals surface area contributed by atoms with E-state index < -0.39 is 6.04 Å². The van der Waals surface area contributed by atoms with Crippen LogP contribution in [0, 0.1) is 0 Å². The molecule has 22 heavy (non-hydrogen) atoms. The average molecular weight is 300 g/mol. The van der Waals surface area contributed by atoms with Gasteiger partial charge in [-0.25, -0.2) is 0 Å². The van der Waals surface area contributed by atoms with Crippen LogP contribution in [0.2, 0.25) is 0 Å². The third-order valence-corrected chi connectivity index (χ3v) is 4.73. The van der Waals surface area contributed by atoms with E-state index in [0.29, 0.717) is 12.5 Å². The first kappa shape index (κ1) is 15.1. The summed E-state index contributed by atoms with van der Waals surface area (Å²) in [6.45, 7) is 0. The molecule has 1 aliphatic rings. The second kappa shape index (κ2) is 6.53. The van der Waals surface area contributed by atoms with Crippen LogP contribution in [-0.4, -0.2) is 23.7 Å². The van der Waals surface area contributed by atoms with Gasteiger partial charge in [0.25, 0.3) is 0 Å². The molecule has 1 aromatic carbocycles. The van der Waals surface area contributed by atoms with Crippen molar-refractivity contribution in [2.45, 2.75) is 50.6 Å². The minimum atomic E-state index is -0.601. The number of para-hydroxylation sites is 1. The van der Waals surface area contributed by atoms with Gasteiger partial charge in [-0.15, -0.1) is 0 Å². The number of nitrogens with zero attached hydrogens (tertiary/aromatic N) is 1. The third kappa shape index (κ3) is 2.88. The van der Waals surface area contributed by atoms with Crippen LogP contribution in [-0.2, 0) is 16.0 Å². The van der Waals surface area contributed by atoms with Crippen molar-refractivity contribution >= 4 is 16.9 Å². The monoisotopic (exact) mass is 300 g/mol. The molecule has 1 aromatic heterocycles. The third-order valence-electron chi connectivity index (χ3n) is 4.73. The van der Waals surface area contributed by atoms with Crippen LogP contribution in [0.1, 0.15) is 43.7 Å². The van der Waals surface area contributed by atoms with Gasteiger partial charge in [0.2, 0.25) is 0 Å². The van der Waals surface area contributed by atoms with Crippen molar-refractivity contribution in [3.8, 4) is 0 Å².